The van der Waals surface area contributed by atoms with Crippen molar-refractivity contribution in [2.45, 2.75) is 205 Å². The summed E-state index contributed by atoms with van der Waals surface area (Å²) in [5.74, 6) is -0.391. The molecule has 3 heterocycles. The van der Waals surface area contributed by atoms with Gasteiger partial charge in [-0.05, 0) is 111 Å². The SMILES string of the molecule is C[C@@H]1O[C@H](O[C@@H]2[C@@H](O[C@H]3CC[C@@]4(C)[C@@H](CC[C@]5(C)[C@@H]4CC=C4[C@H]6CC(C)(C)CC[C@@]6(C(=O)O)CC[C@]45C)[C@]3(C)CO)OC[C@H](O)[C@H]2O)[C@@H](O)[C@H](O[C@H]2O[C@@H](CO)[C@H](O)[C@@H](O)[C@@H]2O)[C@H]1O. The highest BCUT2D eigenvalue weighted by molar-refractivity contribution is 5.76. The summed E-state index contributed by atoms with van der Waals surface area (Å²) >= 11 is 0. The highest BCUT2D eigenvalue weighted by atomic mass is 16.8. The summed E-state index contributed by atoms with van der Waals surface area (Å²) in [6.45, 7) is 14.1. The van der Waals surface area contributed by atoms with Crippen molar-refractivity contribution in [3.05, 3.63) is 11.6 Å². The largest absolute Gasteiger partial charge is 0.481 e. The molecule has 0 bridgehead atoms. The molecule has 0 amide bonds. The first-order chi connectivity index (χ1) is 29.9. The van der Waals surface area contributed by atoms with Gasteiger partial charge in [-0.1, -0.05) is 53.2 Å². The number of fused-ring (bicyclic) bond motifs is 7. The zero-order valence-electron chi connectivity index (χ0n) is 38.5. The number of hydrogen-bond acceptors (Lipinski definition) is 16. The van der Waals surface area contributed by atoms with Crippen molar-refractivity contribution in [2.24, 2.45) is 50.2 Å². The third-order valence-electron chi connectivity index (χ3n) is 19.1. The van der Waals surface area contributed by atoms with Gasteiger partial charge in [-0.25, -0.2) is 0 Å². The van der Waals surface area contributed by atoms with Crippen LogP contribution < -0.4 is 0 Å². The first-order valence-electron chi connectivity index (χ1n) is 23.7. The molecule has 0 radical (unpaired) electrons. The number of carboxylic acids is 1. The molecule has 17 heteroatoms. The van der Waals surface area contributed by atoms with Gasteiger partial charge in [-0.2, -0.15) is 0 Å². The van der Waals surface area contributed by atoms with Gasteiger partial charge in [0.2, 0.25) is 0 Å². The summed E-state index contributed by atoms with van der Waals surface area (Å²) in [6, 6.07) is 0. The minimum Gasteiger partial charge on any atom is -0.481 e. The minimum absolute atomic E-state index is 0.00330. The minimum atomic E-state index is -1.82. The Kier molecular flexibility index (Phi) is 13.2. The van der Waals surface area contributed by atoms with Crippen molar-refractivity contribution in [1.29, 1.82) is 0 Å². The van der Waals surface area contributed by atoms with Crippen molar-refractivity contribution < 1.29 is 84.3 Å². The van der Waals surface area contributed by atoms with E-state index in [-0.39, 0.29) is 52.6 Å². The van der Waals surface area contributed by atoms with E-state index in [1.807, 2.05) is 6.92 Å². The Hall–Kier alpha value is -1.39. The number of aliphatic hydroxyl groups excluding tert-OH is 9. The van der Waals surface area contributed by atoms with E-state index < -0.39 is 116 Å². The summed E-state index contributed by atoms with van der Waals surface area (Å²) < 4.78 is 36.1. The normalized spacial score (nSPS) is 55.0. The van der Waals surface area contributed by atoms with Crippen molar-refractivity contribution in [3.8, 4) is 0 Å². The van der Waals surface area contributed by atoms with Gasteiger partial charge in [0.25, 0.3) is 0 Å². The molecule has 3 aliphatic heterocycles. The molecule has 0 unspecified atom stereocenters. The quantitative estimate of drug-likeness (QED) is 0.116. The predicted molar refractivity (Wildman–Crippen MR) is 225 cm³/mol. The smallest absolute Gasteiger partial charge is 0.310 e. The molecule has 17 nitrogen and oxygen atoms in total. The lowest BCUT2D eigenvalue weighted by Gasteiger charge is -2.71. The molecule has 8 aliphatic rings. The topological polar surface area (TPSA) is 275 Å². The van der Waals surface area contributed by atoms with E-state index >= 15 is 0 Å². The molecule has 0 aromatic rings. The second-order valence-electron chi connectivity index (χ2n) is 22.9. The van der Waals surface area contributed by atoms with Crippen molar-refractivity contribution in [2.75, 3.05) is 19.8 Å². The average molecular weight is 913 g/mol. The van der Waals surface area contributed by atoms with Crippen LogP contribution in [-0.4, -0.2) is 169 Å². The van der Waals surface area contributed by atoms with E-state index in [0.717, 1.165) is 44.9 Å². The number of aliphatic carboxylic acids is 1. The highest BCUT2D eigenvalue weighted by Gasteiger charge is 2.70. The van der Waals surface area contributed by atoms with Crippen LogP contribution in [0.2, 0.25) is 0 Å². The Morgan fingerprint density at radius 1 is 0.719 bits per heavy atom. The Morgan fingerprint density at radius 2 is 1.39 bits per heavy atom. The fraction of sp³-hybridized carbons (Fsp3) is 0.936. The van der Waals surface area contributed by atoms with Gasteiger partial charge in [0.05, 0.1) is 37.4 Å². The number of hydrogen-bond donors (Lipinski definition) is 10. The van der Waals surface area contributed by atoms with Crippen LogP contribution >= 0.6 is 0 Å². The summed E-state index contributed by atoms with van der Waals surface area (Å²) in [5, 5.41) is 108. The molecule has 7 fully saturated rings. The fourth-order valence-electron chi connectivity index (χ4n) is 14.8. The number of aliphatic hydroxyl groups is 9. The van der Waals surface area contributed by atoms with E-state index in [2.05, 4.69) is 40.7 Å². The summed E-state index contributed by atoms with van der Waals surface area (Å²) in [6.07, 6.45) is -11.9. The lowest BCUT2D eigenvalue weighted by molar-refractivity contribution is -0.383. The molecule has 366 valence electrons. The summed E-state index contributed by atoms with van der Waals surface area (Å²) in [7, 11) is 0. The molecule has 8 rings (SSSR count). The van der Waals surface area contributed by atoms with Crippen molar-refractivity contribution in [1.82, 2.24) is 0 Å². The molecule has 3 saturated heterocycles. The maximum Gasteiger partial charge on any atom is 0.310 e. The molecule has 10 N–H and O–H groups in total. The third-order valence-corrected chi connectivity index (χ3v) is 19.1. The zero-order chi connectivity index (χ0) is 46.7. The molecule has 64 heavy (non-hydrogen) atoms. The number of ether oxygens (including phenoxy) is 6. The van der Waals surface area contributed by atoms with Crippen LogP contribution in [0.1, 0.15) is 113 Å². The first-order valence-corrected chi connectivity index (χ1v) is 23.7. The van der Waals surface area contributed by atoms with E-state index in [9.17, 15) is 55.9 Å². The molecule has 0 spiro atoms. The first kappa shape index (κ1) is 49.0. The monoisotopic (exact) mass is 913 g/mol. The second kappa shape index (κ2) is 17.2. The van der Waals surface area contributed by atoms with Gasteiger partial charge in [-0.3, -0.25) is 4.79 Å². The standard InChI is InChI=1S/C47H76O17/c1-22-30(51)36(63-38-34(55)33(54)32(53)26(19-48)61-38)35(56)39(60-22)64-37-31(52)25(50)20-59-40(37)62-29-11-12-43(4)27(44(29,5)21-49)10-13-46(7)28(43)9-8-23-24-18-42(2,3)14-16-47(24,41(57)58)17-15-45(23,46)6/h8,22,24-40,48-56H,9-21H2,1-7H3,(H,57,58)/t22-,24+,25-,26-,27+,28+,29-,30-,31+,32-,33+,34-,35-,36+,37-,38+,39+,40+,43-,44-,45+,46+,47+/m0/s1. The van der Waals surface area contributed by atoms with Crippen LogP contribution in [-0.2, 0) is 33.2 Å². The van der Waals surface area contributed by atoms with Crippen LogP contribution in [0.5, 0.6) is 0 Å². The molecule has 5 aliphatic carbocycles. The van der Waals surface area contributed by atoms with E-state index in [0.29, 0.717) is 19.3 Å². The molecule has 23 atom stereocenters. The van der Waals surface area contributed by atoms with Crippen LogP contribution in [0.25, 0.3) is 0 Å². The van der Waals surface area contributed by atoms with Crippen molar-refractivity contribution in [3.63, 3.8) is 0 Å². The molecule has 4 saturated carbocycles. The average Bonchev–Trinajstić information content (AvgIpc) is 3.24. The summed E-state index contributed by atoms with van der Waals surface area (Å²) in [4.78, 5) is 13.1. The third kappa shape index (κ3) is 7.49. The molecule has 0 aromatic carbocycles. The molecule has 0 aromatic heterocycles. The predicted octanol–water partition coefficient (Wildman–Crippen LogP) is 1.35. The Labute approximate surface area is 376 Å². The van der Waals surface area contributed by atoms with Crippen LogP contribution in [0.15, 0.2) is 11.6 Å². The van der Waals surface area contributed by atoms with E-state index in [1.54, 1.807) is 0 Å². The number of rotatable bonds is 9. The van der Waals surface area contributed by atoms with Crippen molar-refractivity contribution >= 4 is 5.97 Å². The maximum absolute atomic E-state index is 13.1. The van der Waals surface area contributed by atoms with Crippen LogP contribution in [0.3, 0.4) is 0 Å². The number of allylic oxidation sites excluding steroid dienone is 2. The van der Waals surface area contributed by atoms with Gasteiger partial charge >= 0.3 is 5.97 Å². The van der Waals surface area contributed by atoms with E-state index in [1.165, 1.54) is 12.5 Å². The molecular formula is C47H76O17. The maximum atomic E-state index is 13.1. The van der Waals surface area contributed by atoms with Crippen LogP contribution in [0.4, 0.5) is 0 Å². The Bertz CT molecular complexity index is 1750. The van der Waals surface area contributed by atoms with Crippen LogP contribution in [0, 0.1) is 50.2 Å². The number of carboxylic acid groups (broad SMARTS) is 1. The lowest BCUT2D eigenvalue weighted by atomic mass is 9.33. The Balaban J connectivity index is 1.01. The highest BCUT2D eigenvalue weighted by Crippen LogP contribution is 2.76. The van der Waals surface area contributed by atoms with E-state index in [4.69, 9.17) is 28.4 Å². The fourth-order valence-corrected chi connectivity index (χ4v) is 14.8. The van der Waals surface area contributed by atoms with Gasteiger partial charge < -0.3 is 79.5 Å². The second-order valence-corrected chi connectivity index (χ2v) is 22.9. The van der Waals surface area contributed by atoms with Gasteiger partial charge in [0, 0.05) is 5.41 Å². The zero-order valence-corrected chi connectivity index (χ0v) is 38.5. The van der Waals surface area contributed by atoms with Gasteiger partial charge in [-0.15, -0.1) is 0 Å². The Morgan fingerprint density at radius 3 is 2.06 bits per heavy atom. The molecular weight excluding hydrogens is 837 g/mol. The van der Waals surface area contributed by atoms with Gasteiger partial charge in [0.1, 0.15) is 61.0 Å². The number of carbonyl (C=O) groups is 1. The van der Waals surface area contributed by atoms with Gasteiger partial charge in [0.15, 0.2) is 18.9 Å². The lowest BCUT2D eigenvalue weighted by Crippen LogP contribution is -2.67. The summed E-state index contributed by atoms with van der Waals surface area (Å²) in [5.41, 5.74) is -0.609.